The van der Waals surface area contributed by atoms with Crippen molar-refractivity contribution in [2.45, 2.75) is 32.8 Å². The van der Waals surface area contributed by atoms with Crippen molar-refractivity contribution in [3.05, 3.63) is 111 Å². The Bertz CT molecular complexity index is 1400. The summed E-state index contributed by atoms with van der Waals surface area (Å²) in [4.78, 5) is 27.6. The predicted molar refractivity (Wildman–Crippen MR) is 150 cm³/mol. The van der Waals surface area contributed by atoms with Gasteiger partial charge in [-0.2, -0.15) is 0 Å². The number of nitrogens with one attached hydrogen (secondary N) is 2. The van der Waals surface area contributed by atoms with Crippen molar-refractivity contribution in [2.75, 3.05) is 10.6 Å². The Morgan fingerprint density at radius 3 is 2.41 bits per heavy atom. The third kappa shape index (κ3) is 6.04. The molecule has 1 heterocycles. The zero-order valence-electron chi connectivity index (χ0n) is 20.4. The van der Waals surface area contributed by atoms with Gasteiger partial charge in [0.1, 0.15) is 17.4 Å². The molecule has 1 aliphatic rings. The van der Waals surface area contributed by atoms with Gasteiger partial charge in [0.05, 0.1) is 5.56 Å². The largest absolute Gasteiger partial charge is 0.489 e. The molecule has 0 aliphatic heterocycles. The lowest BCUT2D eigenvalue weighted by Crippen LogP contribution is -2.19. The molecule has 7 heteroatoms. The molecule has 1 atom stereocenters. The Hall–Kier alpha value is -3.61. The number of benzene rings is 3. The van der Waals surface area contributed by atoms with Gasteiger partial charge in [-0.25, -0.2) is 0 Å². The molecule has 0 radical (unpaired) electrons. The van der Waals surface area contributed by atoms with E-state index in [1.807, 2.05) is 66.7 Å². The van der Waals surface area contributed by atoms with Crippen molar-refractivity contribution in [1.29, 1.82) is 0 Å². The topological polar surface area (TPSA) is 67.4 Å². The van der Waals surface area contributed by atoms with Gasteiger partial charge in [-0.3, -0.25) is 9.59 Å². The van der Waals surface area contributed by atoms with Crippen LogP contribution in [0.1, 0.15) is 50.1 Å². The number of anilines is 2. The zero-order chi connectivity index (χ0) is 25.8. The van der Waals surface area contributed by atoms with Gasteiger partial charge in [0.2, 0.25) is 0 Å². The van der Waals surface area contributed by atoms with Crippen molar-refractivity contribution < 1.29 is 14.3 Å². The van der Waals surface area contributed by atoms with Crippen LogP contribution in [0.15, 0.2) is 78.9 Å². The van der Waals surface area contributed by atoms with E-state index in [1.165, 1.54) is 16.2 Å². The van der Waals surface area contributed by atoms with Crippen LogP contribution < -0.4 is 15.4 Å². The van der Waals surface area contributed by atoms with Crippen molar-refractivity contribution in [3.8, 4) is 5.75 Å². The Morgan fingerprint density at radius 1 is 0.946 bits per heavy atom. The van der Waals surface area contributed by atoms with Crippen LogP contribution in [0.25, 0.3) is 0 Å². The molecule has 1 aromatic heterocycles. The Labute approximate surface area is 225 Å². The zero-order valence-corrected chi connectivity index (χ0v) is 22.0. The molecule has 1 aliphatic carbocycles. The lowest BCUT2D eigenvalue weighted by molar-refractivity contribution is 0.102. The van der Waals surface area contributed by atoms with Gasteiger partial charge in [0.15, 0.2) is 0 Å². The van der Waals surface area contributed by atoms with E-state index in [1.54, 1.807) is 12.1 Å². The average Bonchev–Trinajstić information content (AvgIpc) is 3.26. The molecule has 188 valence electrons. The highest BCUT2D eigenvalue weighted by molar-refractivity contribution is 7.17. The van der Waals surface area contributed by atoms with Gasteiger partial charge in [-0.05, 0) is 84.8 Å². The second kappa shape index (κ2) is 11.2. The number of ether oxygens (including phenoxy) is 1. The number of fused-ring (bicyclic) bond motifs is 1. The van der Waals surface area contributed by atoms with Crippen molar-refractivity contribution in [1.82, 2.24) is 0 Å². The number of amides is 2. The number of thiophene rings is 1. The summed E-state index contributed by atoms with van der Waals surface area (Å²) in [6.45, 7) is 2.65. The number of hydrogen-bond acceptors (Lipinski definition) is 4. The minimum absolute atomic E-state index is 0.217. The number of carbonyl (C=O) groups is 2. The number of rotatable bonds is 7. The number of hydrogen-bond donors (Lipinski definition) is 2. The first-order valence-electron chi connectivity index (χ1n) is 12.3. The van der Waals surface area contributed by atoms with Crippen LogP contribution >= 0.6 is 22.9 Å². The minimum Gasteiger partial charge on any atom is -0.489 e. The van der Waals surface area contributed by atoms with E-state index in [4.69, 9.17) is 16.3 Å². The van der Waals surface area contributed by atoms with Gasteiger partial charge in [0.25, 0.3) is 11.8 Å². The standard InChI is InChI=1S/C30H27ClN2O3S/c1-19-7-16-25-26(17-19)37-30(33-28(34)21-5-3-2-4-6-21)27(25)29(35)32-23-12-14-24(15-13-23)36-18-20-8-10-22(31)11-9-20/h2-6,8-15,19H,7,16-18H2,1H3,(H,32,35)(H,33,34). The molecule has 0 saturated heterocycles. The van der Waals surface area contributed by atoms with Crippen LogP contribution in [0.2, 0.25) is 5.02 Å². The first kappa shape index (κ1) is 25.1. The maximum absolute atomic E-state index is 13.5. The fourth-order valence-electron chi connectivity index (χ4n) is 4.42. The maximum atomic E-state index is 13.5. The van der Waals surface area contributed by atoms with Crippen LogP contribution in [-0.4, -0.2) is 11.8 Å². The summed E-state index contributed by atoms with van der Waals surface area (Å²) >= 11 is 7.45. The van der Waals surface area contributed by atoms with Gasteiger partial charge in [-0.1, -0.05) is 48.9 Å². The summed E-state index contributed by atoms with van der Waals surface area (Å²) in [5.74, 6) is 0.819. The highest BCUT2D eigenvalue weighted by Gasteiger charge is 2.28. The Morgan fingerprint density at radius 2 is 1.68 bits per heavy atom. The molecule has 4 aromatic rings. The van der Waals surface area contributed by atoms with Crippen LogP contribution in [0, 0.1) is 5.92 Å². The van der Waals surface area contributed by atoms with E-state index < -0.39 is 0 Å². The van der Waals surface area contributed by atoms with Crippen LogP contribution in [0.3, 0.4) is 0 Å². The molecular weight excluding hydrogens is 504 g/mol. The summed E-state index contributed by atoms with van der Waals surface area (Å²) in [5.41, 5.74) is 3.85. The minimum atomic E-state index is -0.219. The van der Waals surface area contributed by atoms with Gasteiger partial charge >= 0.3 is 0 Å². The average molecular weight is 531 g/mol. The van der Waals surface area contributed by atoms with Gasteiger partial charge < -0.3 is 15.4 Å². The van der Waals surface area contributed by atoms with Crippen molar-refractivity contribution in [3.63, 3.8) is 0 Å². The van der Waals surface area contributed by atoms with E-state index in [9.17, 15) is 9.59 Å². The molecule has 0 spiro atoms. The molecule has 0 fully saturated rings. The SMILES string of the molecule is CC1CCc2c(sc(NC(=O)c3ccccc3)c2C(=O)Nc2ccc(OCc3ccc(Cl)cc3)cc2)C1. The first-order chi connectivity index (χ1) is 18.0. The Kier molecular flexibility index (Phi) is 7.58. The van der Waals surface area contributed by atoms with Crippen LogP contribution in [0.4, 0.5) is 10.7 Å². The van der Waals surface area contributed by atoms with Gasteiger partial charge in [-0.15, -0.1) is 11.3 Å². The molecule has 5 rings (SSSR count). The van der Waals surface area contributed by atoms with Crippen LogP contribution in [-0.2, 0) is 19.4 Å². The highest BCUT2D eigenvalue weighted by atomic mass is 35.5. The molecule has 2 N–H and O–H groups in total. The lowest BCUT2D eigenvalue weighted by atomic mass is 9.88. The molecule has 2 amide bonds. The molecule has 3 aromatic carbocycles. The second-order valence-corrected chi connectivity index (χ2v) is 10.8. The fourth-order valence-corrected chi connectivity index (χ4v) is 5.95. The summed E-state index contributed by atoms with van der Waals surface area (Å²) in [5, 5.41) is 7.31. The van der Waals surface area contributed by atoms with Gasteiger partial charge in [0, 0.05) is 21.2 Å². The Balaban J connectivity index is 1.31. The highest BCUT2D eigenvalue weighted by Crippen LogP contribution is 2.40. The number of halogens is 1. The third-order valence-corrected chi connectivity index (χ3v) is 7.85. The van der Waals surface area contributed by atoms with E-state index in [0.717, 1.165) is 30.4 Å². The lowest BCUT2D eigenvalue weighted by Gasteiger charge is -2.18. The molecule has 0 bridgehead atoms. The molecule has 37 heavy (non-hydrogen) atoms. The molecule has 0 saturated carbocycles. The molecular formula is C30H27ClN2O3S. The fraction of sp³-hybridized carbons (Fsp3) is 0.200. The van der Waals surface area contributed by atoms with E-state index in [0.29, 0.717) is 45.1 Å². The smallest absolute Gasteiger partial charge is 0.258 e. The van der Waals surface area contributed by atoms with E-state index in [2.05, 4.69) is 17.6 Å². The van der Waals surface area contributed by atoms with E-state index in [-0.39, 0.29) is 11.8 Å². The summed E-state index contributed by atoms with van der Waals surface area (Å²) in [7, 11) is 0. The first-order valence-corrected chi connectivity index (χ1v) is 13.5. The van der Waals surface area contributed by atoms with Crippen molar-refractivity contribution >= 4 is 45.4 Å². The summed E-state index contributed by atoms with van der Waals surface area (Å²) in [6.07, 6.45) is 2.77. The third-order valence-electron chi connectivity index (χ3n) is 6.43. The molecule has 1 unspecified atom stereocenters. The van der Waals surface area contributed by atoms with E-state index >= 15 is 0 Å². The quantitative estimate of drug-likeness (QED) is 0.258. The molecule has 5 nitrogen and oxygen atoms in total. The summed E-state index contributed by atoms with van der Waals surface area (Å²) in [6, 6.07) is 23.9. The monoisotopic (exact) mass is 530 g/mol. The predicted octanol–water partition coefficient (Wildman–Crippen LogP) is 7.61. The van der Waals surface area contributed by atoms with Crippen LogP contribution in [0.5, 0.6) is 5.75 Å². The second-order valence-electron chi connectivity index (χ2n) is 9.27. The summed E-state index contributed by atoms with van der Waals surface area (Å²) < 4.78 is 5.85. The van der Waals surface area contributed by atoms with Crippen molar-refractivity contribution in [2.24, 2.45) is 5.92 Å². The normalized spacial score (nSPS) is 14.5. The maximum Gasteiger partial charge on any atom is 0.258 e. The number of carbonyl (C=O) groups excluding carboxylic acids is 2.